The number of unbranched alkanes of at least 4 members (excludes halogenated alkanes) is 1. The normalized spacial score (nSPS) is 12.9. The summed E-state index contributed by atoms with van der Waals surface area (Å²) >= 11 is 0. The Bertz CT molecular complexity index is 1530. The number of hydrogen-bond donors (Lipinski definition) is 2. The van der Waals surface area contributed by atoms with Gasteiger partial charge in [-0.15, -0.1) is 0 Å². The van der Waals surface area contributed by atoms with Gasteiger partial charge in [0.2, 0.25) is 0 Å². The number of aryl methyl sites for hydroxylation is 2. The summed E-state index contributed by atoms with van der Waals surface area (Å²) in [5.74, 6) is 1.08. The maximum Gasteiger partial charge on any atom is 0.269 e. The summed E-state index contributed by atoms with van der Waals surface area (Å²) in [6.07, 6.45) is 9.55. The monoisotopic (exact) mass is 551 g/mol. The molecule has 1 aliphatic rings. The smallest absolute Gasteiger partial charge is 0.269 e. The molecule has 2 N–H and O–H groups in total. The number of aromatic nitrogens is 2. The minimum absolute atomic E-state index is 0.0130. The lowest BCUT2D eigenvalue weighted by atomic mass is 9.91. The molecule has 0 unspecified atom stereocenters. The second-order valence-electron chi connectivity index (χ2n) is 10.8. The summed E-state index contributed by atoms with van der Waals surface area (Å²) in [5.41, 5.74) is 6.45. The lowest BCUT2D eigenvalue weighted by Crippen LogP contribution is -2.25. The molecule has 0 radical (unpaired) electrons. The predicted molar refractivity (Wildman–Crippen MR) is 160 cm³/mol. The van der Waals surface area contributed by atoms with Gasteiger partial charge >= 0.3 is 0 Å². The Balaban J connectivity index is 1.52. The van der Waals surface area contributed by atoms with Gasteiger partial charge in [0.25, 0.3) is 5.91 Å². The van der Waals surface area contributed by atoms with E-state index in [0.717, 1.165) is 70.8 Å². The van der Waals surface area contributed by atoms with Gasteiger partial charge in [-0.3, -0.25) is 19.6 Å². The van der Waals surface area contributed by atoms with Crippen LogP contribution in [0.3, 0.4) is 0 Å². The fraction of sp³-hybridized carbons (Fsp3) is 0.353. The third-order valence-corrected chi connectivity index (χ3v) is 7.76. The van der Waals surface area contributed by atoms with Gasteiger partial charge in [-0.1, -0.05) is 43.7 Å². The van der Waals surface area contributed by atoms with Gasteiger partial charge in [-0.05, 0) is 66.8 Å². The van der Waals surface area contributed by atoms with Crippen LogP contribution in [0, 0.1) is 5.92 Å². The Morgan fingerprint density at radius 2 is 1.78 bits per heavy atom. The van der Waals surface area contributed by atoms with Crippen LogP contribution in [0.1, 0.15) is 76.6 Å². The molecule has 1 amide bonds. The van der Waals surface area contributed by atoms with Crippen molar-refractivity contribution in [3.63, 3.8) is 0 Å². The molecule has 1 fully saturated rings. The Kier molecular flexibility index (Phi) is 9.04. The number of ketones is 1. The maximum absolute atomic E-state index is 13.4. The highest BCUT2D eigenvalue weighted by molar-refractivity contribution is 6.03. The zero-order valence-electron chi connectivity index (χ0n) is 23.8. The SMILES string of the molecule is CCCCNC(=O)c1ccc(-c2cc3c(CCc4ccc(CO)cc4)c(C(=O)CC4CC4)cnc3cc2OC)cn1. The molecular formula is C34H37N3O4. The number of rotatable bonds is 13. The topological polar surface area (TPSA) is 101 Å². The maximum atomic E-state index is 13.4. The van der Waals surface area contributed by atoms with Crippen LogP contribution in [-0.4, -0.2) is 40.4 Å². The molecule has 7 heteroatoms. The van der Waals surface area contributed by atoms with E-state index in [4.69, 9.17) is 4.74 Å². The Hall–Kier alpha value is -4.10. The number of pyridine rings is 2. The lowest BCUT2D eigenvalue weighted by Gasteiger charge is -2.16. The summed E-state index contributed by atoms with van der Waals surface area (Å²) < 4.78 is 5.75. The number of hydrogen-bond acceptors (Lipinski definition) is 6. The molecule has 1 saturated carbocycles. The molecule has 4 aromatic rings. The van der Waals surface area contributed by atoms with E-state index in [0.29, 0.717) is 42.3 Å². The minimum atomic E-state index is -0.187. The first-order valence-corrected chi connectivity index (χ1v) is 14.5. The molecule has 2 aromatic heterocycles. The molecule has 0 spiro atoms. The standard InChI is InChI=1S/C34H37N3O4/c1-3-4-15-35-34(40)30-14-12-25(19-36-30)27-17-28-26(13-11-22-5-9-24(21-38)10-6-22)29(32(39)16-23-7-8-23)20-37-31(28)18-33(27)41-2/h5-6,9-10,12,14,17-20,23,38H,3-4,7-8,11,13,15-16,21H2,1-2H3,(H,35,40). The highest BCUT2D eigenvalue weighted by Gasteiger charge is 2.27. The van der Waals surface area contributed by atoms with E-state index in [-0.39, 0.29) is 18.3 Å². The molecule has 0 aliphatic heterocycles. The van der Waals surface area contributed by atoms with Gasteiger partial charge in [0.1, 0.15) is 11.4 Å². The number of Topliss-reactive ketones (excluding diaryl/α,β-unsaturated/α-hetero) is 1. The summed E-state index contributed by atoms with van der Waals surface area (Å²) in [7, 11) is 1.62. The number of methoxy groups -OCH3 is 1. The summed E-state index contributed by atoms with van der Waals surface area (Å²) in [4.78, 5) is 35.0. The molecule has 5 rings (SSSR count). The van der Waals surface area contributed by atoms with Crippen LogP contribution in [0.4, 0.5) is 0 Å². The van der Waals surface area contributed by atoms with Crippen LogP contribution in [0.2, 0.25) is 0 Å². The number of nitrogens with zero attached hydrogens (tertiary/aromatic N) is 2. The van der Waals surface area contributed by atoms with Crippen LogP contribution in [0.25, 0.3) is 22.0 Å². The second kappa shape index (κ2) is 13.0. The molecule has 41 heavy (non-hydrogen) atoms. The number of carbonyl (C=O) groups excluding carboxylic acids is 2. The lowest BCUT2D eigenvalue weighted by molar-refractivity contribution is 0.0946. The largest absolute Gasteiger partial charge is 0.496 e. The summed E-state index contributed by atoms with van der Waals surface area (Å²) in [5, 5.41) is 13.2. The molecular weight excluding hydrogens is 514 g/mol. The molecule has 1 aliphatic carbocycles. The first-order chi connectivity index (χ1) is 20.0. The highest BCUT2D eigenvalue weighted by atomic mass is 16.5. The van der Waals surface area contributed by atoms with Crippen molar-refractivity contribution in [1.29, 1.82) is 0 Å². The quantitative estimate of drug-likeness (QED) is 0.154. The number of aliphatic hydroxyl groups is 1. The third kappa shape index (κ3) is 6.80. The van der Waals surface area contributed by atoms with Crippen molar-refractivity contribution in [2.75, 3.05) is 13.7 Å². The molecule has 2 aromatic carbocycles. The van der Waals surface area contributed by atoms with E-state index >= 15 is 0 Å². The van der Waals surface area contributed by atoms with E-state index in [1.165, 1.54) is 0 Å². The van der Waals surface area contributed by atoms with Crippen molar-refractivity contribution >= 4 is 22.6 Å². The van der Waals surface area contributed by atoms with Crippen LogP contribution >= 0.6 is 0 Å². The molecule has 0 saturated heterocycles. The minimum Gasteiger partial charge on any atom is -0.496 e. The van der Waals surface area contributed by atoms with Crippen molar-refractivity contribution in [3.05, 3.63) is 88.9 Å². The van der Waals surface area contributed by atoms with Crippen molar-refractivity contribution in [2.24, 2.45) is 5.92 Å². The van der Waals surface area contributed by atoms with Gasteiger partial charge in [0.15, 0.2) is 5.78 Å². The predicted octanol–water partition coefficient (Wildman–Crippen LogP) is 6.10. The zero-order chi connectivity index (χ0) is 28.8. The number of nitrogens with one attached hydrogen (secondary N) is 1. The van der Waals surface area contributed by atoms with E-state index in [2.05, 4.69) is 22.2 Å². The van der Waals surface area contributed by atoms with Crippen molar-refractivity contribution in [3.8, 4) is 16.9 Å². The van der Waals surface area contributed by atoms with Crippen molar-refractivity contribution in [2.45, 2.75) is 58.5 Å². The highest BCUT2D eigenvalue weighted by Crippen LogP contribution is 2.38. The average molecular weight is 552 g/mol. The molecule has 0 bridgehead atoms. The van der Waals surface area contributed by atoms with Crippen LogP contribution in [0.15, 0.2) is 60.9 Å². The summed E-state index contributed by atoms with van der Waals surface area (Å²) in [6.45, 7) is 2.72. The van der Waals surface area contributed by atoms with E-state index < -0.39 is 0 Å². The van der Waals surface area contributed by atoms with Gasteiger partial charge in [-0.2, -0.15) is 0 Å². The molecule has 2 heterocycles. The first-order valence-electron chi connectivity index (χ1n) is 14.5. The number of benzene rings is 2. The summed E-state index contributed by atoms with van der Waals surface area (Å²) in [6, 6.07) is 15.5. The number of amides is 1. The Labute approximate surface area is 241 Å². The number of fused-ring (bicyclic) bond motifs is 1. The van der Waals surface area contributed by atoms with Gasteiger partial charge in [0.05, 0.1) is 19.2 Å². The van der Waals surface area contributed by atoms with E-state index in [1.54, 1.807) is 25.6 Å². The molecule has 0 atom stereocenters. The average Bonchev–Trinajstić information content (AvgIpc) is 3.83. The van der Waals surface area contributed by atoms with Gasteiger partial charge in [0, 0.05) is 53.5 Å². The van der Waals surface area contributed by atoms with Gasteiger partial charge in [-0.25, -0.2) is 0 Å². The third-order valence-electron chi connectivity index (χ3n) is 7.76. The molecule has 7 nitrogen and oxygen atoms in total. The van der Waals surface area contributed by atoms with Crippen LogP contribution in [-0.2, 0) is 19.4 Å². The van der Waals surface area contributed by atoms with Crippen molar-refractivity contribution in [1.82, 2.24) is 15.3 Å². The second-order valence-corrected chi connectivity index (χ2v) is 10.8. The molecule has 212 valence electrons. The van der Waals surface area contributed by atoms with Gasteiger partial charge < -0.3 is 15.2 Å². The fourth-order valence-electron chi connectivity index (χ4n) is 5.11. The van der Waals surface area contributed by atoms with E-state index in [9.17, 15) is 14.7 Å². The number of ether oxygens (including phenoxy) is 1. The van der Waals surface area contributed by atoms with E-state index in [1.807, 2.05) is 42.5 Å². The zero-order valence-corrected chi connectivity index (χ0v) is 23.8. The number of carbonyl (C=O) groups is 2. The first kappa shape index (κ1) is 28.4. The Morgan fingerprint density at radius 1 is 1.00 bits per heavy atom. The number of aliphatic hydroxyl groups excluding tert-OH is 1. The van der Waals surface area contributed by atoms with Crippen molar-refractivity contribution < 1.29 is 19.4 Å². The van der Waals surface area contributed by atoms with Crippen LogP contribution < -0.4 is 10.1 Å². The van der Waals surface area contributed by atoms with Crippen LogP contribution in [0.5, 0.6) is 5.75 Å². The Morgan fingerprint density at radius 3 is 2.44 bits per heavy atom. The fourth-order valence-corrected chi connectivity index (χ4v) is 5.11.